The minimum atomic E-state index is -3.99. The third-order valence-electron chi connectivity index (χ3n) is 7.21. The number of sulfonamides is 1. The fourth-order valence-corrected chi connectivity index (χ4v) is 6.71. The van der Waals surface area contributed by atoms with Crippen LogP contribution in [0.5, 0.6) is 0 Å². The molecule has 0 heterocycles. The molecule has 1 aliphatic rings. The summed E-state index contributed by atoms with van der Waals surface area (Å²) in [6, 6.07) is 36.0. The molecule has 37 heavy (non-hydrogen) atoms. The molecule has 186 valence electrons. The third-order valence-corrected chi connectivity index (χ3v) is 8.71. The molecule has 3 atom stereocenters. The normalized spacial score (nSPS) is 21.7. The average molecular weight is 508 g/mol. The van der Waals surface area contributed by atoms with E-state index in [0.29, 0.717) is 6.42 Å². The molecular weight excluding hydrogens is 478 g/mol. The highest BCUT2D eigenvalue weighted by Crippen LogP contribution is 2.49. The Labute approximate surface area is 218 Å². The van der Waals surface area contributed by atoms with Crippen molar-refractivity contribution in [1.82, 2.24) is 4.72 Å². The summed E-state index contributed by atoms with van der Waals surface area (Å²) in [5.41, 5.74) is 3.38. The van der Waals surface area contributed by atoms with Crippen molar-refractivity contribution in [3.8, 4) is 0 Å². The average Bonchev–Trinajstić information content (AvgIpc) is 2.94. The summed E-state index contributed by atoms with van der Waals surface area (Å²) in [5, 5.41) is 0. The van der Waals surface area contributed by atoms with E-state index in [1.54, 1.807) is 24.3 Å². The van der Waals surface area contributed by atoms with Crippen LogP contribution in [0.4, 0.5) is 0 Å². The molecule has 4 aromatic carbocycles. The second kappa shape index (κ2) is 10.3. The van der Waals surface area contributed by atoms with Crippen LogP contribution in [0.15, 0.2) is 126 Å². The number of rotatable bonds is 7. The molecule has 0 saturated carbocycles. The lowest BCUT2D eigenvalue weighted by molar-refractivity contribution is -0.113. The molecule has 5 heteroatoms. The maximum absolute atomic E-state index is 13.9. The summed E-state index contributed by atoms with van der Waals surface area (Å²) in [6.07, 6.45) is 3.49. The second-order valence-corrected chi connectivity index (χ2v) is 11.3. The fraction of sp³-hybridized carbons (Fsp3) is 0.156. The number of benzene rings is 4. The summed E-state index contributed by atoms with van der Waals surface area (Å²) in [4.78, 5) is 13.1. The van der Waals surface area contributed by atoms with Crippen molar-refractivity contribution in [2.24, 2.45) is 5.92 Å². The molecule has 0 aliphatic heterocycles. The van der Waals surface area contributed by atoms with Gasteiger partial charge in [-0.1, -0.05) is 115 Å². The first-order valence-corrected chi connectivity index (χ1v) is 13.8. The first kappa shape index (κ1) is 24.9. The number of hydrogen-bond donors (Lipinski definition) is 1. The van der Waals surface area contributed by atoms with E-state index in [1.807, 2.05) is 104 Å². The van der Waals surface area contributed by atoms with Crippen molar-refractivity contribution < 1.29 is 13.2 Å². The van der Waals surface area contributed by atoms with Gasteiger partial charge in [-0.15, -0.1) is 0 Å². The number of nitrogens with one attached hydrogen (secondary N) is 1. The Morgan fingerprint density at radius 3 is 1.95 bits per heavy atom. The molecule has 0 amide bonds. The Kier molecular flexibility index (Phi) is 6.92. The van der Waals surface area contributed by atoms with Crippen LogP contribution in [0.2, 0.25) is 0 Å². The van der Waals surface area contributed by atoms with Gasteiger partial charge in [-0.25, -0.2) is 8.42 Å². The smallest absolute Gasteiger partial charge is 0.241 e. The lowest BCUT2D eigenvalue weighted by Gasteiger charge is -2.45. The Bertz CT molecular complexity index is 1500. The van der Waals surface area contributed by atoms with Gasteiger partial charge in [0.05, 0.1) is 10.4 Å². The van der Waals surface area contributed by atoms with Crippen LogP contribution < -0.4 is 4.72 Å². The minimum Gasteiger partial charge on any atom is -0.303 e. The standard InChI is InChI=1S/C32H29NO3S/c1-24-17-19-29(20-18-24)37(35,36)33-32(28-15-9-4-10-16-28)22-27(25-11-5-2-6-12-25)21-30(31(32)23-34)26-13-7-3-8-14-26/h2-20,22-23,30-31,33H,21H2,1H3/t30-,31-,32-/m1/s1. The zero-order chi connectivity index (χ0) is 25.9. The molecule has 0 radical (unpaired) electrons. The number of carbonyl (C=O) groups excluding carboxylic acids is 1. The predicted octanol–water partition coefficient (Wildman–Crippen LogP) is 6.26. The molecule has 0 fully saturated rings. The second-order valence-electron chi connectivity index (χ2n) is 9.57. The maximum Gasteiger partial charge on any atom is 0.241 e. The van der Waals surface area contributed by atoms with E-state index in [2.05, 4.69) is 4.72 Å². The van der Waals surface area contributed by atoms with E-state index >= 15 is 0 Å². The number of carbonyl (C=O) groups is 1. The Hall–Kier alpha value is -3.80. The van der Waals surface area contributed by atoms with Gasteiger partial charge in [-0.05, 0) is 53.7 Å². The van der Waals surface area contributed by atoms with Gasteiger partial charge in [0.2, 0.25) is 10.0 Å². The van der Waals surface area contributed by atoms with Crippen molar-refractivity contribution in [3.63, 3.8) is 0 Å². The van der Waals surface area contributed by atoms with Crippen LogP contribution in [0.1, 0.15) is 34.6 Å². The molecule has 1 aliphatic carbocycles. The molecule has 0 bridgehead atoms. The third kappa shape index (κ3) is 4.93. The molecule has 4 nitrogen and oxygen atoms in total. The Balaban J connectivity index is 1.77. The van der Waals surface area contributed by atoms with Crippen molar-refractivity contribution in [1.29, 1.82) is 0 Å². The van der Waals surface area contributed by atoms with E-state index in [9.17, 15) is 13.2 Å². The number of aldehydes is 1. The van der Waals surface area contributed by atoms with E-state index in [1.165, 1.54) is 0 Å². The summed E-state index contributed by atoms with van der Waals surface area (Å²) >= 11 is 0. The molecule has 4 aromatic rings. The Morgan fingerprint density at radius 1 is 0.784 bits per heavy atom. The van der Waals surface area contributed by atoms with Crippen LogP contribution in [0.25, 0.3) is 5.57 Å². The first-order chi connectivity index (χ1) is 17.9. The summed E-state index contributed by atoms with van der Waals surface area (Å²) < 4.78 is 30.8. The molecule has 0 saturated heterocycles. The van der Waals surface area contributed by atoms with Crippen LogP contribution in [-0.2, 0) is 20.4 Å². The van der Waals surface area contributed by atoms with E-state index < -0.39 is 21.5 Å². The zero-order valence-corrected chi connectivity index (χ0v) is 21.4. The first-order valence-electron chi connectivity index (χ1n) is 12.4. The van der Waals surface area contributed by atoms with Crippen LogP contribution >= 0.6 is 0 Å². The van der Waals surface area contributed by atoms with Gasteiger partial charge >= 0.3 is 0 Å². The lowest BCUT2D eigenvalue weighted by atomic mass is 9.64. The van der Waals surface area contributed by atoms with Gasteiger partial charge in [0.15, 0.2) is 0 Å². The van der Waals surface area contributed by atoms with Crippen LogP contribution in [0, 0.1) is 12.8 Å². The maximum atomic E-state index is 13.9. The summed E-state index contributed by atoms with van der Waals surface area (Å²) in [5.74, 6) is -0.912. The zero-order valence-electron chi connectivity index (χ0n) is 20.6. The molecule has 0 spiro atoms. The van der Waals surface area contributed by atoms with Gasteiger partial charge in [-0.2, -0.15) is 4.72 Å². The van der Waals surface area contributed by atoms with Crippen molar-refractivity contribution in [3.05, 3.63) is 144 Å². The molecule has 5 rings (SSSR count). The summed E-state index contributed by atoms with van der Waals surface area (Å²) in [6.45, 7) is 1.91. The molecule has 1 N–H and O–H groups in total. The fourth-order valence-electron chi connectivity index (χ4n) is 5.34. The molecule has 0 aromatic heterocycles. The Morgan fingerprint density at radius 2 is 1.35 bits per heavy atom. The topological polar surface area (TPSA) is 63.2 Å². The highest BCUT2D eigenvalue weighted by Gasteiger charge is 2.49. The van der Waals surface area contributed by atoms with E-state index in [0.717, 1.165) is 34.1 Å². The quantitative estimate of drug-likeness (QED) is 0.301. The van der Waals surface area contributed by atoms with E-state index in [4.69, 9.17) is 0 Å². The van der Waals surface area contributed by atoms with Crippen LogP contribution in [-0.4, -0.2) is 14.7 Å². The monoisotopic (exact) mass is 507 g/mol. The van der Waals surface area contributed by atoms with Crippen molar-refractivity contribution >= 4 is 21.9 Å². The molecule has 0 unspecified atom stereocenters. The van der Waals surface area contributed by atoms with Crippen molar-refractivity contribution in [2.75, 3.05) is 0 Å². The van der Waals surface area contributed by atoms with E-state index in [-0.39, 0.29) is 10.8 Å². The highest BCUT2D eigenvalue weighted by atomic mass is 32.2. The van der Waals surface area contributed by atoms with Crippen molar-refractivity contribution in [2.45, 2.75) is 29.7 Å². The van der Waals surface area contributed by atoms with Crippen LogP contribution in [0.3, 0.4) is 0 Å². The minimum absolute atomic E-state index is 0.162. The number of aryl methyl sites for hydroxylation is 1. The van der Waals surface area contributed by atoms with Gasteiger partial charge in [-0.3, -0.25) is 0 Å². The number of hydrogen-bond acceptors (Lipinski definition) is 3. The largest absolute Gasteiger partial charge is 0.303 e. The van der Waals surface area contributed by atoms with Gasteiger partial charge in [0, 0.05) is 5.92 Å². The highest BCUT2D eigenvalue weighted by molar-refractivity contribution is 7.89. The summed E-state index contributed by atoms with van der Waals surface area (Å²) in [7, 11) is -3.99. The predicted molar refractivity (Wildman–Crippen MR) is 147 cm³/mol. The van der Waals surface area contributed by atoms with Gasteiger partial charge in [0.25, 0.3) is 0 Å². The number of allylic oxidation sites excluding steroid dienone is 1. The lowest BCUT2D eigenvalue weighted by Crippen LogP contribution is -2.53. The van der Waals surface area contributed by atoms with Gasteiger partial charge < -0.3 is 4.79 Å². The molecular formula is C32H29NO3S. The SMILES string of the molecule is Cc1ccc(S(=O)(=O)N[C@@]2(c3ccccc3)C=C(c3ccccc3)C[C@H](c3ccccc3)[C@H]2C=O)cc1. The van der Waals surface area contributed by atoms with Gasteiger partial charge in [0.1, 0.15) is 6.29 Å².